The molecule has 1 amide bonds. The number of H-pyrrole nitrogens is 1. The van der Waals surface area contributed by atoms with Crippen molar-refractivity contribution in [3.8, 4) is 22.5 Å². The predicted octanol–water partition coefficient (Wildman–Crippen LogP) is 5.41. The maximum absolute atomic E-state index is 15.3. The van der Waals surface area contributed by atoms with Crippen LogP contribution in [0.15, 0.2) is 54.7 Å². The number of fused-ring (bicyclic) bond motifs is 1. The largest absolute Gasteiger partial charge is 0.348 e. The minimum Gasteiger partial charge on any atom is -0.348 e. The van der Waals surface area contributed by atoms with Crippen molar-refractivity contribution in [2.45, 2.75) is 40.2 Å². The average molecular weight is 468 g/mol. The molecule has 1 aromatic heterocycles. The van der Waals surface area contributed by atoms with Crippen LogP contribution in [0.4, 0.5) is 4.39 Å². The number of ketones is 1. The number of aryl methyl sites for hydroxylation is 3. The van der Waals surface area contributed by atoms with Crippen LogP contribution in [0, 0.1) is 26.6 Å². The van der Waals surface area contributed by atoms with Gasteiger partial charge in [0.2, 0.25) is 0 Å². The Balaban J connectivity index is 1.43. The van der Waals surface area contributed by atoms with Gasteiger partial charge in [-0.05, 0) is 66.3 Å². The molecule has 0 fully saturated rings. The van der Waals surface area contributed by atoms with Crippen molar-refractivity contribution in [3.63, 3.8) is 0 Å². The van der Waals surface area contributed by atoms with Gasteiger partial charge in [-0.2, -0.15) is 0 Å². The highest BCUT2D eigenvalue weighted by Gasteiger charge is 2.28. The SMILES string of the molecule is Cc1cnc(-c2ccc(-c3ccc(CC(=O)Cc4c(C)cccc4C)cc3F)c3c2C(=O)NC3)[nH]1. The fraction of sp³-hybridized carbons (Fsp3) is 0.207. The lowest BCUT2D eigenvalue weighted by Gasteiger charge is -2.13. The first-order valence-electron chi connectivity index (χ1n) is 11.6. The van der Waals surface area contributed by atoms with Crippen molar-refractivity contribution < 1.29 is 14.0 Å². The van der Waals surface area contributed by atoms with E-state index in [1.165, 1.54) is 6.07 Å². The zero-order chi connectivity index (χ0) is 24.7. The van der Waals surface area contributed by atoms with E-state index in [0.29, 0.717) is 46.6 Å². The van der Waals surface area contributed by atoms with Gasteiger partial charge in [-0.1, -0.05) is 36.4 Å². The molecule has 0 saturated heterocycles. The van der Waals surface area contributed by atoms with Crippen molar-refractivity contribution in [1.82, 2.24) is 15.3 Å². The number of carbonyl (C=O) groups is 2. The van der Waals surface area contributed by atoms with Gasteiger partial charge in [-0.25, -0.2) is 9.37 Å². The van der Waals surface area contributed by atoms with E-state index in [2.05, 4.69) is 15.3 Å². The molecule has 0 aliphatic carbocycles. The number of rotatable bonds is 6. The second-order valence-electron chi connectivity index (χ2n) is 9.19. The summed E-state index contributed by atoms with van der Waals surface area (Å²) in [5.41, 5.74) is 7.77. The molecule has 4 aromatic rings. The molecule has 1 aliphatic rings. The van der Waals surface area contributed by atoms with Crippen molar-refractivity contribution >= 4 is 11.7 Å². The lowest BCUT2D eigenvalue weighted by molar-refractivity contribution is -0.117. The Hall–Kier alpha value is -4.06. The van der Waals surface area contributed by atoms with E-state index in [1.54, 1.807) is 24.4 Å². The minimum atomic E-state index is -0.412. The average Bonchev–Trinajstić information content (AvgIpc) is 3.42. The van der Waals surface area contributed by atoms with Crippen molar-refractivity contribution in [1.29, 1.82) is 0 Å². The van der Waals surface area contributed by atoms with Gasteiger partial charge in [-0.3, -0.25) is 9.59 Å². The summed E-state index contributed by atoms with van der Waals surface area (Å²) in [6.45, 7) is 6.22. The molecule has 3 aromatic carbocycles. The van der Waals surface area contributed by atoms with Gasteiger partial charge >= 0.3 is 0 Å². The Morgan fingerprint density at radius 2 is 1.69 bits per heavy atom. The lowest BCUT2D eigenvalue weighted by atomic mass is 9.91. The smallest absolute Gasteiger partial charge is 0.252 e. The summed E-state index contributed by atoms with van der Waals surface area (Å²) in [6, 6.07) is 14.5. The topological polar surface area (TPSA) is 74.8 Å². The molecule has 0 atom stereocenters. The van der Waals surface area contributed by atoms with Crippen LogP contribution in [0.3, 0.4) is 0 Å². The van der Waals surface area contributed by atoms with E-state index in [4.69, 9.17) is 0 Å². The van der Waals surface area contributed by atoms with Gasteiger partial charge in [0.1, 0.15) is 17.4 Å². The lowest BCUT2D eigenvalue weighted by Crippen LogP contribution is -2.13. The molecule has 0 unspecified atom stereocenters. The number of halogens is 1. The monoisotopic (exact) mass is 467 g/mol. The Morgan fingerprint density at radius 3 is 2.37 bits per heavy atom. The molecule has 5 nitrogen and oxygen atoms in total. The molecule has 1 aliphatic heterocycles. The summed E-state index contributed by atoms with van der Waals surface area (Å²) in [4.78, 5) is 32.9. The summed E-state index contributed by atoms with van der Waals surface area (Å²) < 4.78 is 15.3. The number of aromatic amines is 1. The van der Waals surface area contributed by atoms with Crippen molar-refractivity contribution in [2.75, 3.05) is 0 Å². The van der Waals surface area contributed by atoms with Gasteiger partial charge < -0.3 is 10.3 Å². The van der Waals surface area contributed by atoms with Crippen LogP contribution >= 0.6 is 0 Å². The molecular weight excluding hydrogens is 441 g/mol. The third-order valence-corrected chi connectivity index (χ3v) is 6.67. The Bertz CT molecular complexity index is 1470. The highest BCUT2D eigenvalue weighted by atomic mass is 19.1. The molecule has 35 heavy (non-hydrogen) atoms. The van der Waals surface area contributed by atoms with Crippen LogP contribution in [0.2, 0.25) is 0 Å². The molecule has 0 bridgehead atoms. The normalized spacial score (nSPS) is 12.5. The molecule has 6 heteroatoms. The summed E-state index contributed by atoms with van der Waals surface area (Å²) in [5.74, 6) is 0.0504. The number of nitrogens with zero attached hydrogens (tertiary/aromatic N) is 1. The maximum Gasteiger partial charge on any atom is 0.252 e. The molecule has 0 radical (unpaired) electrons. The van der Waals surface area contributed by atoms with E-state index in [0.717, 1.165) is 27.9 Å². The van der Waals surface area contributed by atoms with Crippen LogP contribution in [0.25, 0.3) is 22.5 Å². The number of amides is 1. The number of hydrogen-bond donors (Lipinski definition) is 2. The highest BCUT2D eigenvalue weighted by molar-refractivity contribution is 6.06. The molecule has 5 rings (SSSR count). The molecule has 2 heterocycles. The van der Waals surface area contributed by atoms with Crippen LogP contribution in [0.5, 0.6) is 0 Å². The Kier molecular flexibility index (Phi) is 5.81. The number of carbonyl (C=O) groups excluding carboxylic acids is 2. The molecule has 0 spiro atoms. The molecular formula is C29H26FN3O2. The van der Waals surface area contributed by atoms with E-state index < -0.39 is 5.82 Å². The van der Waals surface area contributed by atoms with E-state index in [9.17, 15) is 9.59 Å². The van der Waals surface area contributed by atoms with Gasteiger partial charge in [0, 0.05) is 42.4 Å². The first-order chi connectivity index (χ1) is 16.8. The minimum absolute atomic E-state index is 0.0448. The molecule has 2 N–H and O–H groups in total. The third-order valence-electron chi connectivity index (χ3n) is 6.67. The summed E-state index contributed by atoms with van der Waals surface area (Å²) >= 11 is 0. The van der Waals surface area contributed by atoms with Gasteiger partial charge in [-0.15, -0.1) is 0 Å². The fourth-order valence-corrected chi connectivity index (χ4v) is 4.85. The van der Waals surface area contributed by atoms with Crippen LogP contribution in [0.1, 0.15) is 43.9 Å². The Labute approximate surface area is 203 Å². The van der Waals surface area contributed by atoms with Crippen molar-refractivity contribution in [3.05, 3.63) is 99.6 Å². The van der Waals surface area contributed by atoms with Gasteiger partial charge in [0.05, 0.1) is 5.56 Å². The van der Waals surface area contributed by atoms with Crippen LogP contribution in [-0.2, 0) is 24.2 Å². The quantitative estimate of drug-likeness (QED) is 0.398. The number of Topliss-reactive ketones (excluding diaryl/α,β-unsaturated/α-hetero) is 1. The number of benzene rings is 3. The summed E-state index contributed by atoms with van der Waals surface area (Å²) in [6.07, 6.45) is 2.21. The number of aromatic nitrogens is 2. The first-order valence-corrected chi connectivity index (χ1v) is 11.6. The van der Waals surface area contributed by atoms with Gasteiger partial charge in [0.25, 0.3) is 5.91 Å². The van der Waals surface area contributed by atoms with E-state index in [-0.39, 0.29) is 18.1 Å². The first kappa shape index (κ1) is 22.7. The number of hydrogen-bond acceptors (Lipinski definition) is 3. The molecule has 0 saturated carbocycles. The second-order valence-corrected chi connectivity index (χ2v) is 9.19. The van der Waals surface area contributed by atoms with E-state index >= 15 is 4.39 Å². The zero-order valence-corrected chi connectivity index (χ0v) is 20.0. The molecule has 176 valence electrons. The van der Waals surface area contributed by atoms with E-state index in [1.807, 2.05) is 45.0 Å². The zero-order valence-electron chi connectivity index (χ0n) is 20.0. The van der Waals surface area contributed by atoms with Gasteiger partial charge in [0.15, 0.2) is 0 Å². The third kappa shape index (κ3) is 4.28. The maximum atomic E-state index is 15.3. The van der Waals surface area contributed by atoms with Crippen LogP contribution in [-0.4, -0.2) is 21.7 Å². The fourth-order valence-electron chi connectivity index (χ4n) is 4.85. The summed E-state index contributed by atoms with van der Waals surface area (Å²) in [7, 11) is 0. The predicted molar refractivity (Wildman–Crippen MR) is 134 cm³/mol. The van der Waals surface area contributed by atoms with Crippen molar-refractivity contribution in [2.24, 2.45) is 0 Å². The number of nitrogens with one attached hydrogen (secondary N) is 2. The standard InChI is InChI=1S/C29H26FN3O2/c1-16-5-4-6-17(2)24(16)13-20(34)11-19-7-8-22(26(30)12-19)21-9-10-23(28-31-14-18(3)33-28)27-25(21)15-32-29(27)35/h4-10,12,14H,11,13,15H2,1-3H3,(H,31,33)(H,32,35). The van der Waals surface area contributed by atoms with Crippen LogP contribution < -0.4 is 5.32 Å². The Morgan fingerprint density at radius 1 is 0.971 bits per heavy atom. The number of imidazole rings is 1. The summed E-state index contributed by atoms with van der Waals surface area (Å²) in [5, 5.41) is 2.85. The highest BCUT2D eigenvalue weighted by Crippen LogP contribution is 2.36. The second kappa shape index (κ2) is 8.95.